The molecule has 2 heterocycles. The number of alkyl halides is 3. The van der Waals surface area contributed by atoms with Gasteiger partial charge in [-0.05, 0) is 44.0 Å². The molecule has 2 aliphatic rings. The average Bonchev–Trinajstić information content (AvgIpc) is 3.14. The summed E-state index contributed by atoms with van der Waals surface area (Å²) in [6.07, 6.45) is -1.80. The number of carbonyl (C=O) groups is 1. The molecule has 8 heteroatoms. The Bertz CT molecular complexity index is 622. The number of hydrogen-bond acceptors (Lipinski definition) is 4. The van der Waals surface area contributed by atoms with Crippen LogP contribution in [0.25, 0.3) is 0 Å². The number of halogens is 3. The molecular weight excluding hydrogens is 359 g/mol. The van der Waals surface area contributed by atoms with E-state index >= 15 is 0 Å². The van der Waals surface area contributed by atoms with E-state index in [-0.39, 0.29) is 11.9 Å². The second-order valence-electron chi connectivity index (χ2n) is 7.21. The molecular formula is C19H26F3N3O2. The van der Waals surface area contributed by atoms with Crippen molar-refractivity contribution in [2.45, 2.75) is 38.1 Å². The third kappa shape index (κ3) is 5.43. The lowest BCUT2D eigenvalue weighted by Gasteiger charge is -2.38. The summed E-state index contributed by atoms with van der Waals surface area (Å²) in [6.45, 7) is 6.97. The van der Waals surface area contributed by atoms with E-state index in [0.29, 0.717) is 11.8 Å². The Labute approximate surface area is 157 Å². The Morgan fingerprint density at radius 3 is 2.44 bits per heavy atom. The van der Waals surface area contributed by atoms with E-state index in [9.17, 15) is 18.0 Å². The van der Waals surface area contributed by atoms with Gasteiger partial charge in [-0.1, -0.05) is 0 Å². The van der Waals surface area contributed by atoms with Crippen LogP contribution in [0, 0.1) is 0 Å². The maximum absolute atomic E-state index is 12.6. The highest BCUT2D eigenvalue weighted by atomic mass is 19.4. The van der Waals surface area contributed by atoms with E-state index in [1.807, 2.05) is 6.92 Å². The Kier molecular flexibility index (Phi) is 6.39. The third-order valence-corrected chi connectivity index (χ3v) is 5.30. The largest absolute Gasteiger partial charge is 0.416 e. The molecule has 1 amide bonds. The minimum absolute atomic E-state index is 0.206. The summed E-state index contributed by atoms with van der Waals surface area (Å²) in [4.78, 5) is 16.9. The summed E-state index contributed by atoms with van der Waals surface area (Å²) in [5.74, 6) is -0.206. The SMILES string of the molecule is CC(C(=O)Nc1ccc(C(F)(F)F)cc1)N1CCN(CC2CCCO2)CC1. The zero-order chi connectivity index (χ0) is 19.4. The van der Waals surface area contributed by atoms with E-state index in [1.165, 1.54) is 12.1 Å². The monoisotopic (exact) mass is 385 g/mol. The molecule has 0 saturated carbocycles. The van der Waals surface area contributed by atoms with Crippen LogP contribution in [0.3, 0.4) is 0 Å². The fraction of sp³-hybridized carbons (Fsp3) is 0.632. The zero-order valence-electron chi connectivity index (χ0n) is 15.5. The Morgan fingerprint density at radius 1 is 1.22 bits per heavy atom. The Balaban J connectivity index is 1.46. The van der Waals surface area contributed by atoms with Crippen LogP contribution in [0.5, 0.6) is 0 Å². The van der Waals surface area contributed by atoms with Crippen molar-refractivity contribution in [2.75, 3.05) is 44.6 Å². The first-order valence-electron chi connectivity index (χ1n) is 9.39. The number of carbonyl (C=O) groups excluding carboxylic acids is 1. The van der Waals surface area contributed by atoms with Crippen molar-refractivity contribution in [1.82, 2.24) is 9.80 Å². The van der Waals surface area contributed by atoms with E-state index in [2.05, 4.69) is 15.1 Å². The molecule has 3 rings (SSSR count). The van der Waals surface area contributed by atoms with Gasteiger partial charge in [0.1, 0.15) is 0 Å². The lowest BCUT2D eigenvalue weighted by molar-refractivity contribution is -0.137. The molecule has 1 N–H and O–H groups in total. The minimum atomic E-state index is -4.38. The number of anilines is 1. The van der Waals surface area contributed by atoms with E-state index in [4.69, 9.17) is 4.74 Å². The first-order valence-corrected chi connectivity index (χ1v) is 9.39. The first-order chi connectivity index (χ1) is 12.8. The molecule has 27 heavy (non-hydrogen) atoms. The Morgan fingerprint density at radius 2 is 1.89 bits per heavy atom. The number of piperazine rings is 1. The summed E-state index contributed by atoms with van der Waals surface area (Å²) in [5, 5.41) is 2.71. The van der Waals surface area contributed by atoms with Gasteiger partial charge in [0.05, 0.1) is 17.7 Å². The molecule has 0 spiro atoms. The first kappa shape index (κ1) is 20.1. The summed E-state index contributed by atoms with van der Waals surface area (Å²) in [7, 11) is 0. The number of hydrogen-bond donors (Lipinski definition) is 1. The average molecular weight is 385 g/mol. The fourth-order valence-electron chi connectivity index (χ4n) is 3.56. The zero-order valence-corrected chi connectivity index (χ0v) is 15.5. The van der Waals surface area contributed by atoms with Crippen molar-refractivity contribution < 1.29 is 22.7 Å². The second kappa shape index (κ2) is 8.58. The lowest BCUT2D eigenvalue weighted by atomic mass is 10.1. The van der Waals surface area contributed by atoms with Crippen molar-refractivity contribution in [3.8, 4) is 0 Å². The van der Waals surface area contributed by atoms with E-state index < -0.39 is 11.7 Å². The number of amides is 1. The summed E-state index contributed by atoms with van der Waals surface area (Å²) < 4.78 is 43.5. The van der Waals surface area contributed by atoms with Gasteiger partial charge >= 0.3 is 6.18 Å². The van der Waals surface area contributed by atoms with E-state index in [1.54, 1.807) is 0 Å². The molecule has 5 nitrogen and oxygen atoms in total. The topological polar surface area (TPSA) is 44.8 Å². The quantitative estimate of drug-likeness (QED) is 0.847. The second-order valence-corrected chi connectivity index (χ2v) is 7.21. The normalized spacial score (nSPS) is 23.3. The molecule has 0 radical (unpaired) electrons. The lowest BCUT2D eigenvalue weighted by Crippen LogP contribution is -2.53. The summed E-state index contributed by atoms with van der Waals surface area (Å²) in [5.41, 5.74) is -0.354. The summed E-state index contributed by atoms with van der Waals surface area (Å²) in [6, 6.07) is 4.19. The molecule has 1 aromatic carbocycles. The van der Waals surface area contributed by atoms with Gasteiger partial charge < -0.3 is 10.1 Å². The molecule has 2 unspecified atom stereocenters. The van der Waals surface area contributed by atoms with Crippen LogP contribution in [0.1, 0.15) is 25.3 Å². The minimum Gasteiger partial charge on any atom is -0.377 e. The number of ether oxygens (including phenoxy) is 1. The van der Waals surface area contributed by atoms with Crippen LogP contribution in [0.2, 0.25) is 0 Å². The molecule has 2 fully saturated rings. The highest BCUT2D eigenvalue weighted by molar-refractivity contribution is 5.94. The number of nitrogens with zero attached hydrogens (tertiary/aromatic N) is 2. The predicted molar refractivity (Wildman–Crippen MR) is 96.5 cm³/mol. The number of benzene rings is 1. The number of rotatable bonds is 5. The van der Waals surface area contributed by atoms with Crippen LogP contribution in [0.15, 0.2) is 24.3 Å². The molecule has 0 bridgehead atoms. The maximum atomic E-state index is 12.6. The van der Waals surface area contributed by atoms with Gasteiger partial charge in [0.25, 0.3) is 0 Å². The smallest absolute Gasteiger partial charge is 0.377 e. The van der Waals surface area contributed by atoms with Crippen LogP contribution in [-0.4, -0.2) is 67.2 Å². The van der Waals surface area contributed by atoms with Crippen molar-refractivity contribution in [3.05, 3.63) is 29.8 Å². The van der Waals surface area contributed by atoms with Gasteiger partial charge in [0.2, 0.25) is 5.91 Å². The van der Waals surface area contributed by atoms with Crippen molar-refractivity contribution in [3.63, 3.8) is 0 Å². The van der Waals surface area contributed by atoms with Crippen LogP contribution in [-0.2, 0) is 15.7 Å². The van der Waals surface area contributed by atoms with Gasteiger partial charge in [0, 0.05) is 45.0 Å². The third-order valence-electron chi connectivity index (χ3n) is 5.30. The van der Waals surface area contributed by atoms with Gasteiger partial charge in [-0.3, -0.25) is 14.6 Å². The molecule has 2 aliphatic heterocycles. The van der Waals surface area contributed by atoms with Crippen molar-refractivity contribution in [2.24, 2.45) is 0 Å². The molecule has 0 aliphatic carbocycles. The molecule has 150 valence electrons. The van der Waals surface area contributed by atoms with Crippen LogP contribution < -0.4 is 5.32 Å². The standard InChI is InChI=1S/C19H26F3N3O2/c1-14(18(26)23-16-6-4-15(5-7-16)19(20,21)22)25-10-8-24(9-11-25)13-17-3-2-12-27-17/h4-7,14,17H,2-3,8-13H2,1H3,(H,23,26). The van der Waals surface area contributed by atoms with E-state index in [0.717, 1.165) is 64.3 Å². The van der Waals surface area contributed by atoms with Gasteiger partial charge in [-0.15, -0.1) is 0 Å². The van der Waals surface area contributed by atoms with Crippen LogP contribution >= 0.6 is 0 Å². The molecule has 1 aromatic rings. The van der Waals surface area contributed by atoms with Gasteiger partial charge in [-0.2, -0.15) is 13.2 Å². The van der Waals surface area contributed by atoms with Gasteiger partial charge in [0.15, 0.2) is 0 Å². The molecule has 2 atom stereocenters. The van der Waals surface area contributed by atoms with Crippen LogP contribution in [0.4, 0.5) is 18.9 Å². The number of nitrogens with one attached hydrogen (secondary N) is 1. The Hall–Kier alpha value is -1.64. The van der Waals surface area contributed by atoms with Crippen molar-refractivity contribution >= 4 is 11.6 Å². The highest BCUT2D eigenvalue weighted by Gasteiger charge is 2.30. The molecule has 2 saturated heterocycles. The predicted octanol–water partition coefficient (Wildman–Crippen LogP) is 2.83. The van der Waals surface area contributed by atoms with Crippen molar-refractivity contribution in [1.29, 1.82) is 0 Å². The maximum Gasteiger partial charge on any atom is 0.416 e. The summed E-state index contributed by atoms with van der Waals surface area (Å²) >= 11 is 0. The van der Waals surface area contributed by atoms with Gasteiger partial charge in [-0.25, -0.2) is 0 Å². The highest BCUT2D eigenvalue weighted by Crippen LogP contribution is 2.29. The fourth-order valence-corrected chi connectivity index (χ4v) is 3.56. The molecule has 0 aromatic heterocycles.